The summed E-state index contributed by atoms with van der Waals surface area (Å²) in [5.41, 5.74) is 19.8. The average molecular weight is 458 g/mol. The van der Waals surface area contributed by atoms with Crippen LogP contribution < -0.4 is 32.8 Å². The van der Waals surface area contributed by atoms with Crippen LogP contribution in [0.25, 0.3) is 22.3 Å². The molecule has 170 valence electrons. The van der Waals surface area contributed by atoms with Crippen LogP contribution in [0.15, 0.2) is 97.1 Å². The van der Waals surface area contributed by atoms with Gasteiger partial charge in [0.2, 0.25) is 13.4 Å². The number of rotatable bonds is 2. The summed E-state index contributed by atoms with van der Waals surface area (Å²) in [6.07, 6.45) is 0. The molecule has 0 saturated heterocycles. The zero-order chi connectivity index (χ0) is 24.6. The van der Waals surface area contributed by atoms with E-state index in [4.69, 9.17) is 0 Å². The first-order valence-corrected chi connectivity index (χ1v) is 13.0. The Morgan fingerprint density at radius 1 is 0.361 bits per heavy atom. The van der Waals surface area contributed by atoms with Gasteiger partial charge < -0.3 is 0 Å². The summed E-state index contributed by atoms with van der Waals surface area (Å²) in [6.45, 7) is 9.61. The van der Waals surface area contributed by atoms with Crippen molar-refractivity contribution in [1.82, 2.24) is 0 Å². The molecule has 0 atom stereocenters. The van der Waals surface area contributed by atoms with Gasteiger partial charge in [-0.25, -0.2) is 0 Å². The third-order valence-corrected chi connectivity index (χ3v) is 8.63. The molecule has 0 bridgehead atoms. The van der Waals surface area contributed by atoms with Crippen molar-refractivity contribution in [1.29, 1.82) is 0 Å². The van der Waals surface area contributed by atoms with E-state index in [1.807, 2.05) is 0 Å². The van der Waals surface area contributed by atoms with E-state index in [0.29, 0.717) is 0 Å². The standard InChI is InChI=1S/C34H28B2/c1-21-11-9-12-22(2)33(21)35-29-17-7-5-15-25(29)27-20-32-28(19-31(27)35)26-16-6-8-18-30(26)36(32)34-23(3)13-10-14-24(34)4/h5-20H,1-4H3. The molecule has 5 aromatic carbocycles. The van der Waals surface area contributed by atoms with Gasteiger partial charge in [0.05, 0.1) is 0 Å². The Morgan fingerprint density at radius 2 is 0.722 bits per heavy atom. The minimum absolute atomic E-state index is 0.272. The fraction of sp³-hybridized carbons (Fsp3) is 0.118. The van der Waals surface area contributed by atoms with E-state index in [2.05, 4.69) is 125 Å². The molecule has 0 saturated carbocycles. The van der Waals surface area contributed by atoms with Crippen molar-refractivity contribution in [3.8, 4) is 22.3 Å². The van der Waals surface area contributed by atoms with Crippen LogP contribution in [-0.4, -0.2) is 13.4 Å². The maximum atomic E-state index is 2.54. The van der Waals surface area contributed by atoms with Gasteiger partial charge in [-0.3, -0.25) is 0 Å². The van der Waals surface area contributed by atoms with E-state index in [1.165, 1.54) is 77.3 Å². The lowest BCUT2D eigenvalue weighted by Crippen LogP contribution is -2.52. The van der Waals surface area contributed by atoms with Gasteiger partial charge in [-0.15, -0.1) is 0 Å². The Bertz CT molecular complexity index is 1530. The molecule has 0 amide bonds. The van der Waals surface area contributed by atoms with Gasteiger partial charge in [0.25, 0.3) is 0 Å². The fourth-order valence-corrected chi connectivity index (χ4v) is 7.09. The second-order valence-corrected chi connectivity index (χ2v) is 10.7. The fourth-order valence-electron chi connectivity index (χ4n) is 7.09. The van der Waals surface area contributed by atoms with E-state index in [1.54, 1.807) is 0 Å². The molecule has 36 heavy (non-hydrogen) atoms. The molecule has 0 spiro atoms. The van der Waals surface area contributed by atoms with Crippen molar-refractivity contribution in [3.05, 3.63) is 119 Å². The molecule has 0 radical (unpaired) electrons. The molecule has 0 aromatic heterocycles. The molecule has 0 N–H and O–H groups in total. The highest BCUT2D eigenvalue weighted by molar-refractivity contribution is 7.01. The van der Waals surface area contributed by atoms with Crippen molar-refractivity contribution in [2.45, 2.75) is 27.7 Å². The van der Waals surface area contributed by atoms with Crippen LogP contribution in [0, 0.1) is 27.7 Å². The predicted octanol–water partition coefficient (Wildman–Crippen LogP) is 3.91. The van der Waals surface area contributed by atoms with E-state index >= 15 is 0 Å². The maximum Gasteiger partial charge on any atom is 0.243 e. The lowest BCUT2D eigenvalue weighted by Gasteiger charge is -2.19. The molecule has 2 aliphatic rings. The Hall–Kier alpha value is -3.77. The van der Waals surface area contributed by atoms with E-state index < -0.39 is 0 Å². The summed E-state index contributed by atoms with van der Waals surface area (Å²) < 4.78 is 0. The molecule has 0 aliphatic carbocycles. The molecular weight excluding hydrogens is 430 g/mol. The second kappa shape index (κ2) is 7.87. The molecule has 0 fully saturated rings. The minimum atomic E-state index is 0.272. The largest absolute Gasteiger partial charge is 0.243 e. The van der Waals surface area contributed by atoms with Gasteiger partial charge in [0.15, 0.2) is 0 Å². The summed E-state index contributed by atoms with van der Waals surface area (Å²) in [5, 5.41) is 0. The molecule has 7 rings (SSSR count). The Balaban J connectivity index is 1.55. The topological polar surface area (TPSA) is 0 Å². The summed E-state index contributed by atoms with van der Waals surface area (Å²) in [7, 11) is 0. The summed E-state index contributed by atoms with van der Waals surface area (Å²) in [5.74, 6) is 0. The maximum absolute atomic E-state index is 2.54. The normalized spacial score (nSPS) is 12.9. The summed E-state index contributed by atoms with van der Waals surface area (Å²) in [6, 6.07) is 36.6. The second-order valence-electron chi connectivity index (χ2n) is 10.7. The van der Waals surface area contributed by atoms with Crippen molar-refractivity contribution < 1.29 is 0 Å². The number of benzene rings is 5. The SMILES string of the molecule is Cc1cccc(C)c1B1c2ccccc2-c2cc3c(cc21)-c1ccccc1B3c1c(C)cccc1C. The van der Waals surface area contributed by atoms with Crippen LogP contribution in [-0.2, 0) is 0 Å². The molecular formula is C34H28B2. The quantitative estimate of drug-likeness (QED) is 0.345. The average Bonchev–Trinajstić information content (AvgIpc) is 3.36. The summed E-state index contributed by atoms with van der Waals surface area (Å²) >= 11 is 0. The van der Waals surface area contributed by atoms with Gasteiger partial charge >= 0.3 is 0 Å². The van der Waals surface area contributed by atoms with Crippen LogP contribution in [0.3, 0.4) is 0 Å². The highest BCUT2D eigenvalue weighted by Gasteiger charge is 2.40. The molecule has 0 nitrogen and oxygen atoms in total. The highest BCUT2D eigenvalue weighted by atomic mass is 14.2. The van der Waals surface area contributed by atoms with Crippen LogP contribution >= 0.6 is 0 Å². The van der Waals surface area contributed by atoms with Crippen molar-refractivity contribution in [2.24, 2.45) is 0 Å². The number of hydrogen-bond donors (Lipinski definition) is 0. The van der Waals surface area contributed by atoms with Crippen molar-refractivity contribution >= 4 is 46.2 Å². The smallest absolute Gasteiger partial charge is 0.0664 e. The van der Waals surface area contributed by atoms with Gasteiger partial charge in [0.1, 0.15) is 0 Å². The van der Waals surface area contributed by atoms with Gasteiger partial charge in [-0.2, -0.15) is 0 Å². The third-order valence-electron chi connectivity index (χ3n) is 8.63. The number of fused-ring (bicyclic) bond motifs is 6. The Morgan fingerprint density at radius 3 is 1.11 bits per heavy atom. The van der Waals surface area contributed by atoms with Gasteiger partial charge in [0, 0.05) is 0 Å². The first-order chi connectivity index (χ1) is 17.5. The van der Waals surface area contributed by atoms with Gasteiger partial charge in [-0.1, -0.05) is 152 Å². The Labute approximate surface area is 215 Å². The van der Waals surface area contributed by atoms with Crippen LogP contribution in [0.1, 0.15) is 22.3 Å². The molecule has 2 heteroatoms. The van der Waals surface area contributed by atoms with E-state index in [-0.39, 0.29) is 13.4 Å². The van der Waals surface area contributed by atoms with Crippen molar-refractivity contribution in [2.75, 3.05) is 0 Å². The Kier molecular flexibility index (Phi) is 4.70. The number of aryl methyl sites for hydroxylation is 4. The van der Waals surface area contributed by atoms with E-state index in [0.717, 1.165) is 0 Å². The monoisotopic (exact) mass is 458 g/mol. The molecule has 2 aliphatic heterocycles. The lowest BCUT2D eigenvalue weighted by atomic mass is 9.36. The zero-order valence-electron chi connectivity index (χ0n) is 21.4. The molecule has 5 aromatic rings. The van der Waals surface area contributed by atoms with Crippen LogP contribution in [0.4, 0.5) is 0 Å². The first-order valence-electron chi connectivity index (χ1n) is 13.0. The zero-order valence-corrected chi connectivity index (χ0v) is 21.4. The number of hydrogen-bond acceptors (Lipinski definition) is 0. The first kappa shape index (κ1) is 21.5. The van der Waals surface area contributed by atoms with Gasteiger partial charge in [-0.05, 0) is 49.9 Å². The molecule has 2 heterocycles. The van der Waals surface area contributed by atoms with E-state index in [9.17, 15) is 0 Å². The van der Waals surface area contributed by atoms with Crippen LogP contribution in [0.2, 0.25) is 0 Å². The van der Waals surface area contributed by atoms with Crippen LogP contribution in [0.5, 0.6) is 0 Å². The summed E-state index contributed by atoms with van der Waals surface area (Å²) in [4.78, 5) is 0. The highest BCUT2D eigenvalue weighted by Crippen LogP contribution is 2.30. The molecule has 0 unspecified atom stereocenters. The minimum Gasteiger partial charge on any atom is -0.0664 e. The van der Waals surface area contributed by atoms with Crippen molar-refractivity contribution in [3.63, 3.8) is 0 Å². The third kappa shape index (κ3) is 2.91. The predicted molar refractivity (Wildman–Crippen MR) is 158 cm³/mol. The lowest BCUT2D eigenvalue weighted by molar-refractivity contribution is 1.43.